The van der Waals surface area contributed by atoms with Crippen molar-refractivity contribution in [3.63, 3.8) is 0 Å². The molecule has 0 unspecified atom stereocenters. The molecule has 0 amide bonds. The van der Waals surface area contributed by atoms with Crippen LogP contribution in [0.4, 0.5) is 0 Å². The fourth-order valence-corrected chi connectivity index (χ4v) is 2.83. The molecule has 1 heterocycles. The van der Waals surface area contributed by atoms with Gasteiger partial charge < -0.3 is 5.73 Å². The van der Waals surface area contributed by atoms with Crippen LogP contribution in [0.1, 0.15) is 30.2 Å². The molecule has 1 aromatic rings. The minimum absolute atomic E-state index is 0.186. The second-order valence-electron chi connectivity index (χ2n) is 3.35. The average Bonchev–Trinajstić information content (AvgIpc) is 2.31. The standard InChI is InChI=1S/C9H12ClNS/c10-7-4-5-12-9(7)8(11)6-2-1-3-6/h4-6,8H,1-3,11H2/t8-/m0/s1. The van der Waals surface area contributed by atoms with E-state index in [9.17, 15) is 0 Å². The molecule has 1 fully saturated rings. The van der Waals surface area contributed by atoms with Crippen molar-refractivity contribution in [1.82, 2.24) is 0 Å². The summed E-state index contributed by atoms with van der Waals surface area (Å²) in [6, 6.07) is 2.12. The second kappa shape index (κ2) is 3.36. The Hall–Kier alpha value is -0.0500. The van der Waals surface area contributed by atoms with E-state index in [1.807, 2.05) is 11.4 Å². The Bertz CT molecular complexity index is 267. The third-order valence-electron chi connectivity index (χ3n) is 2.61. The minimum atomic E-state index is 0.186. The molecule has 1 saturated carbocycles. The summed E-state index contributed by atoms with van der Waals surface area (Å²) in [5, 5.41) is 2.86. The smallest absolute Gasteiger partial charge is 0.0561 e. The summed E-state index contributed by atoms with van der Waals surface area (Å²) in [7, 11) is 0. The van der Waals surface area contributed by atoms with Crippen molar-refractivity contribution in [1.29, 1.82) is 0 Å². The third-order valence-corrected chi connectivity index (χ3v) is 4.07. The van der Waals surface area contributed by atoms with Crippen molar-refractivity contribution >= 4 is 22.9 Å². The van der Waals surface area contributed by atoms with E-state index in [1.165, 1.54) is 24.1 Å². The molecule has 0 aliphatic heterocycles. The lowest BCUT2D eigenvalue weighted by Gasteiger charge is -2.30. The van der Waals surface area contributed by atoms with Crippen molar-refractivity contribution in [3.8, 4) is 0 Å². The lowest BCUT2D eigenvalue weighted by Crippen LogP contribution is -2.26. The summed E-state index contributed by atoms with van der Waals surface area (Å²) in [5.74, 6) is 0.682. The van der Waals surface area contributed by atoms with E-state index in [2.05, 4.69) is 0 Å². The Morgan fingerprint density at radius 1 is 1.58 bits per heavy atom. The van der Waals surface area contributed by atoms with Gasteiger partial charge in [0, 0.05) is 10.9 Å². The van der Waals surface area contributed by atoms with Gasteiger partial charge in [-0.2, -0.15) is 0 Å². The van der Waals surface area contributed by atoms with Crippen LogP contribution < -0.4 is 5.73 Å². The first kappa shape index (κ1) is 8.54. The number of hydrogen-bond acceptors (Lipinski definition) is 2. The Morgan fingerprint density at radius 3 is 2.75 bits per heavy atom. The van der Waals surface area contributed by atoms with Gasteiger partial charge in [0.25, 0.3) is 0 Å². The van der Waals surface area contributed by atoms with Gasteiger partial charge in [0.2, 0.25) is 0 Å². The van der Waals surface area contributed by atoms with Crippen molar-refractivity contribution in [2.45, 2.75) is 25.3 Å². The molecular weight excluding hydrogens is 190 g/mol. The highest BCUT2D eigenvalue weighted by Crippen LogP contribution is 2.40. The second-order valence-corrected chi connectivity index (χ2v) is 4.70. The normalized spacial score (nSPS) is 20.5. The molecule has 2 rings (SSSR count). The monoisotopic (exact) mass is 201 g/mol. The first-order valence-corrected chi connectivity index (χ1v) is 5.53. The molecule has 66 valence electrons. The van der Waals surface area contributed by atoms with Gasteiger partial charge in [-0.25, -0.2) is 0 Å². The van der Waals surface area contributed by atoms with Gasteiger partial charge in [-0.3, -0.25) is 0 Å². The van der Waals surface area contributed by atoms with Crippen LogP contribution in [0, 0.1) is 5.92 Å². The zero-order valence-corrected chi connectivity index (χ0v) is 8.37. The Balaban J connectivity index is 2.13. The van der Waals surface area contributed by atoms with Crippen molar-refractivity contribution in [3.05, 3.63) is 21.3 Å². The van der Waals surface area contributed by atoms with Crippen LogP contribution in [-0.2, 0) is 0 Å². The molecule has 1 aromatic heterocycles. The Labute approximate surface area is 81.5 Å². The number of rotatable bonds is 2. The van der Waals surface area contributed by atoms with Crippen LogP contribution in [-0.4, -0.2) is 0 Å². The van der Waals surface area contributed by atoms with Gasteiger partial charge in [-0.15, -0.1) is 11.3 Å². The van der Waals surface area contributed by atoms with Crippen molar-refractivity contribution in [2.75, 3.05) is 0 Å². The van der Waals surface area contributed by atoms with Gasteiger partial charge in [0.15, 0.2) is 0 Å². The largest absolute Gasteiger partial charge is 0.323 e. The summed E-state index contributed by atoms with van der Waals surface area (Å²) in [6.07, 6.45) is 3.88. The van der Waals surface area contributed by atoms with E-state index in [-0.39, 0.29) is 6.04 Å². The van der Waals surface area contributed by atoms with Gasteiger partial charge in [0.1, 0.15) is 0 Å². The maximum atomic E-state index is 6.07. The summed E-state index contributed by atoms with van der Waals surface area (Å²) >= 11 is 7.67. The molecule has 0 aromatic carbocycles. The summed E-state index contributed by atoms with van der Waals surface area (Å²) in [4.78, 5) is 1.17. The summed E-state index contributed by atoms with van der Waals surface area (Å²) < 4.78 is 0. The van der Waals surface area contributed by atoms with Crippen LogP contribution in [0.25, 0.3) is 0 Å². The lowest BCUT2D eigenvalue weighted by molar-refractivity contribution is 0.267. The molecule has 2 N–H and O–H groups in total. The molecule has 0 bridgehead atoms. The number of nitrogens with two attached hydrogens (primary N) is 1. The third kappa shape index (κ3) is 1.39. The summed E-state index contributed by atoms with van der Waals surface area (Å²) in [6.45, 7) is 0. The Kier molecular flexibility index (Phi) is 2.40. The van der Waals surface area contributed by atoms with Crippen LogP contribution in [0.2, 0.25) is 5.02 Å². The van der Waals surface area contributed by atoms with Crippen LogP contribution in [0.3, 0.4) is 0 Å². The van der Waals surface area contributed by atoms with E-state index in [0.717, 1.165) is 5.02 Å². The van der Waals surface area contributed by atoms with E-state index in [0.29, 0.717) is 5.92 Å². The highest BCUT2D eigenvalue weighted by Gasteiger charge is 2.27. The maximum absolute atomic E-state index is 6.07. The molecule has 0 saturated heterocycles. The topological polar surface area (TPSA) is 26.0 Å². The van der Waals surface area contributed by atoms with Gasteiger partial charge in [-0.05, 0) is 30.2 Å². The fraction of sp³-hybridized carbons (Fsp3) is 0.556. The molecule has 1 aliphatic carbocycles. The van der Waals surface area contributed by atoms with E-state index < -0.39 is 0 Å². The number of thiophene rings is 1. The fourth-order valence-electron chi connectivity index (χ4n) is 1.56. The molecule has 1 nitrogen and oxygen atoms in total. The molecule has 1 aliphatic rings. The van der Waals surface area contributed by atoms with Crippen LogP contribution in [0.15, 0.2) is 11.4 Å². The van der Waals surface area contributed by atoms with Crippen LogP contribution in [0.5, 0.6) is 0 Å². The molecule has 0 radical (unpaired) electrons. The highest BCUT2D eigenvalue weighted by molar-refractivity contribution is 7.10. The first-order valence-electron chi connectivity index (χ1n) is 4.27. The average molecular weight is 202 g/mol. The molecule has 1 atom stereocenters. The van der Waals surface area contributed by atoms with E-state index >= 15 is 0 Å². The number of halogens is 1. The van der Waals surface area contributed by atoms with Crippen molar-refractivity contribution in [2.24, 2.45) is 11.7 Å². The minimum Gasteiger partial charge on any atom is -0.323 e. The molecular formula is C9H12ClNS. The molecule has 3 heteroatoms. The lowest BCUT2D eigenvalue weighted by atomic mass is 9.79. The van der Waals surface area contributed by atoms with Gasteiger partial charge >= 0.3 is 0 Å². The van der Waals surface area contributed by atoms with Gasteiger partial charge in [0.05, 0.1) is 5.02 Å². The zero-order chi connectivity index (χ0) is 8.55. The van der Waals surface area contributed by atoms with Crippen LogP contribution >= 0.6 is 22.9 Å². The molecule has 0 spiro atoms. The Morgan fingerprint density at radius 2 is 2.33 bits per heavy atom. The maximum Gasteiger partial charge on any atom is 0.0561 e. The predicted molar refractivity (Wildman–Crippen MR) is 53.6 cm³/mol. The predicted octanol–water partition coefficient (Wildman–Crippen LogP) is 3.20. The van der Waals surface area contributed by atoms with E-state index in [4.69, 9.17) is 17.3 Å². The quantitative estimate of drug-likeness (QED) is 0.782. The zero-order valence-electron chi connectivity index (χ0n) is 6.79. The van der Waals surface area contributed by atoms with Gasteiger partial charge in [-0.1, -0.05) is 18.0 Å². The highest BCUT2D eigenvalue weighted by atomic mass is 35.5. The first-order chi connectivity index (χ1) is 5.79. The summed E-state index contributed by atoms with van der Waals surface area (Å²) in [5.41, 5.74) is 6.07. The number of hydrogen-bond donors (Lipinski definition) is 1. The van der Waals surface area contributed by atoms with Crippen molar-refractivity contribution < 1.29 is 0 Å². The SMILES string of the molecule is N[C@H](c1sccc1Cl)C1CCC1. The molecule has 12 heavy (non-hydrogen) atoms. The van der Waals surface area contributed by atoms with E-state index in [1.54, 1.807) is 11.3 Å².